The molecule has 0 spiro atoms. The molecule has 0 aliphatic heterocycles. The minimum absolute atomic E-state index is 0.0229. The lowest BCUT2D eigenvalue weighted by molar-refractivity contribution is -0.149. The molecule has 0 rings (SSSR count). The first-order valence-corrected chi connectivity index (χ1v) is 11.8. The van der Waals surface area contributed by atoms with Crippen molar-refractivity contribution in [3.8, 4) is 0 Å². The first kappa shape index (κ1) is 25.5. The van der Waals surface area contributed by atoms with Crippen molar-refractivity contribution in [2.75, 3.05) is 0 Å². The number of carbonyl (C=O) groups is 1. The van der Waals surface area contributed by atoms with Crippen molar-refractivity contribution in [3.63, 3.8) is 0 Å². The van der Waals surface area contributed by atoms with Gasteiger partial charge in [0.2, 0.25) is 0 Å². The van der Waals surface area contributed by atoms with Crippen LogP contribution in [-0.4, -0.2) is 12.1 Å². The fraction of sp³-hybridized carbons (Fsp3) is 0.958. The fourth-order valence-electron chi connectivity index (χ4n) is 3.45. The molecule has 1 unspecified atom stereocenters. The van der Waals surface area contributed by atoms with Crippen LogP contribution in [0.15, 0.2) is 0 Å². The van der Waals surface area contributed by atoms with Crippen LogP contribution in [0.5, 0.6) is 0 Å². The molecule has 26 heavy (non-hydrogen) atoms. The Kier molecular flexibility index (Phi) is 18.8. The zero-order valence-electron chi connectivity index (χ0n) is 18.5. The molecule has 0 bridgehead atoms. The Morgan fingerprint density at radius 3 is 1.69 bits per heavy atom. The van der Waals surface area contributed by atoms with Gasteiger partial charge < -0.3 is 4.74 Å². The minimum Gasteiger partial charge on any atom is -0.462 e. The van der Waals surface area contributed by atoms with Crippen LogP contribution in [0.4, 0.5) is 0 Å². The van der Waals surface area contributed by atoms with E-state index in [-0.39, 0.29) is 12.1 Å². The van der Waals surface area contributed by atoms with Crippen LogP contribution >= 0.6 is 0 Å². The summed E-state index contributed by atoms with van der Waals surface area (Å²) in [6.07, 6.45) is 21.0. The molecule has 0 radical (unpaired) electrons. The fourth-order valence-corrected chi connectivity index (χ4v) is 3.45. The van der Waals surface area contributed by atoms with Crippen LogP contribution in [0, 0.1) is 5.92 Å². The number of esters is 1. The van der Waals surface area contributed by atoms with Crippen molar-refractivity contribution in [1.82, 2.24) is 0 Å². The summed E-state index contributed by atoms with van der Waals surface area (Å²) in [5, 5.41) is 0. The highest BCUT2D eigenvalue weighted by Crippen LogP contribution is 2.15. The predicted molar refractivity (Wildman–Crippen MR) is 115 cm³/mol. The van der Waals surface area contributed by atoms with E-state index in [4.69, 9.17) is 4.74 Å². The van der Waals surface area contributed by atoms with Crippen molar-refractivity contribution in [3.05, 3.63) is 0 Å². The first-order valence-electron chi connectivity index (χ1n) is 11.8. The molecule has 0 fully saturated rings. The molecular weight excluding hydrogens is 320 g/mol. The Morgan fingerprint density at radius 2 is 1.19 bits per heavy atom. The molecule has 0 aliphatic rings. The Bertz CT molecular complexity index is 299. The average Bonchev–Trinajstić information content (AvgIpc) is 2.61. The second-order valence-corrected chi connectivity index (χ2v) is 8.48. The largest absolute Gasteiger partial charge is 0.462 e. The van der Waals surface area contributed by atoms with E-state index < -0.39 is 0 Å². The summed E-state index contributed by atoms with van der Waals surface area (Å²) in [5.74, 6) is 0.885. The van der Waals surface area contributed by atoms with Crippen LogP contribution in [0.25, 0.3) is 0 Å². The molecule has 156 valence electrons. The third kappa shape index (κ3) is 18.3. The molecule has 0 N–H and O–H groups in total. The van der Waals surface area contributed by atoms with Gasteiger partial charge in [0.05, 0.1) is 0 Å². The summed E-state index contributed by atoms with van der Waals surface area (Å²) in [5.41, 5.74) is 0. The van der Waals surface area contributed by atoms with Crippen molar-refractivity contribution >= 4 is 5.97 Å². The molecule has 0 aromatic carbocycles. The van der Waals surface area contributed by atoms with Crippen LogP contribution in [0.1, 0.15) is 137 Å². The molecular formula is C24H48O2. The number of unbranched alkanes of at least 4 members (excludes halogenated alkanes) is 11. The van der Waals surface area contributed by atoms with Crippen LogP contribution in [-0.2, 0) is 9.53 Å². The number of hydrogen-bond acceptors (Lipinski definition) is 2. The molecule has 0 heterocycles. The zero-order chi connectivity index (χ0) is 19.5. The van der Waals surface area contributed by atoms with Gasteiger partial charge in [0.15, 0.2) is 0 Å². The lowest BCUT2D eigenvalue weighted by Gasteiger charge is -2.16. The molecule has 0 amide bonds. The molecule has 0 aliphatic carbocycles. The molecule has 0 aromatic rings. The zero-order valence-corrected chi connectivity index (χ0v) is 18.5. The Morgan fingerprint density at radius 1 is 0.692 bits per heavy atom. The SMILES string of the molecule is CCCCCC(CC)OC(=O)CCCCCCCCCCCCC(C)C. The molecule has 2 heteroatoms. The maximum absolute atomic E-state index is 11.9. The van der Waals surface area contributed by atoms with Gasteiger partial charge in [-0.3, -0.25) is 4.79 Å². The van der Waals surface area contributed by atoms with Gasteiger partial charge in [-0.15, -0.1) is 0 Å². The summed E-state index contributed by atoms with van der Waals surface area (Å²) in [6, 6.07) is 0. The second kappa shape index (κ2) is 19.2. The highest BCUT2D eigenvalue weighted by Gasteiger charge is 2.11. The lowest BCUT2D eigenvalue weighted by Crippen LogP contribution is -2.17. The van der Waals surface area contributed by atoms with Gasteiger partial charge in [0.1, 0.15) is 6.10 Å². The predicted octanol–water partition coefficient (Wildman–Crippen LogP) is 8.23. The molecule has 0 aromatic heterocycles. The third-order valence-corrected chi connectivity index (χ3v) is 5.30. The first-order chi connectivity index (χ1) is 12.6. The smallest absolute Gasteiger partial charge is 0.306 e. The van der Waals surface area contributed by atoms with Crippen molar-refractivity contribution in [1.29, 1.82) is 0 Å². The van der Waals surface area contributed by atoms with E-state index in [0.717, 1.165) is 25.2 Å². The molecule has 0 saturated heterocycles. The van der Waals surface area contributed by atoms with Gasteiger partial charge in [-0.2, -0.15) is 0 Å². The highest BCUT2D eigenvalue weighted by atomic mass is 16.5. The third-order valence-electron chi connectivity index (χ3n) is 5.30. The Hall–Kier alpha value is -0.530. The van der Waals surface area contributed by atoms with Crippen molar-refractivity contribution < 1.29 is 9.53 Å². The topological polar surface area (TPSA) is 26.3 Å². The summed E-state index contributed by atoms with van der Waals surface area (Å²) < 4.78 is 5.61. The summed E-state index contributed by atoms with van der Waals surface area (Å²) in [4.78, 5) is 11.9. The number of ether oxygens (including phenoxy) is 1. The maximum atomic E-state index is 11.9. The number of hydrogen-bond donors (Lipinski definition) is 0. The van der Waals surface area contributed by atoms with Gasteiger partial charge in [0.25, 0.3) is 0 Å². The van der Waals surface area contributed by atoms with E-state index >= 15 is 0 Å². The van der Waals surface area contributed by atoms with Crippen LogP contribution < -0.4 is 0 Å². The van der Waals surface area contributed by atoms with Crippen molar-refractivity contribution in [2.45, 2.75) is 143 Å². The summed E-state index contributed by atoms with van der Waals surface area (Å²) in [6.45, 7) is 8.96. The van der Waals surface area contributed by atoms with E-state index in [1.807, 2.05) is 0 Å². The summed E-state index contributed by atoms with van der Waals surface area (Å²) >= 11 is 0. The normalized spacial score (nSPS) is 12.5. The van der Waals surface area contributed by atoms with E-state index in [0.29, 0.717) is 6.42 Å². The average molecular weight is 369 g/mol. The van der Waals surface area contributed by atoms with E-state index in [9.17, 15) is 4.79 Å². The summed E-state index contributed by atoms with van der Waals surface area (Å²) in [7, 11) is 0. The Balaban J connectivity index is 3.36. The van der Waals surface area contributed by atoms with Crippen molar-refractivity contribution in [2.24, 2.45) is 5.92 Å². The Labute approximate surface area is 164 Å². The van der Waals surface area contributed by atoms with Gasteiger partial charge in [-0.25, -0.2) is 0 Å². The minimum atomic E-state index is 0.0229. The van der Waals surface area contributed by atoms with E-state index in [1.54, 1.807) is 0 Å². The monoisotopic (exact) mass is 368 g/mol. The highest BCUT2D eigenvalue weighted by molar-refractivity contribution is 5.69. The number of rotatable bonds is 19. The second-order valence-electron chi connectivity index (χ2n) is 8.48. The van der Waals surface area contributed by atoms with Crippen LogP contribution in [0.2, 0.25) is 0 Å². The van der Waals surface area contributed by atoms with Gasteiger partial charge in [-0.1, -0.05) is 105 Å². The standard InChI is InChI=1S/C24H48O2/c1-5-7-16-20-23(6-2)26-24(25)21-18-15-13-11-9-8-10-12-14-17-19-22(3)4/h22-23H,5-21H2,1-4H3. The quantitative estimate of drug-likeness (QED) is 0.169. The number of carbonyl (C=O) groups excluding carboxylic acids is 1. The molecule has 1 atom stereocenters. The molecule has 0 saturated carbocycles. The van der Waals surface area contributed by atoms with Crippen LogP contribution in [0.3, 0.4) is 0 Å². The van der Waals surface area contributed by atoms with Gasteiger partial charge in [0, 0.05) is 6.42 Å². The molecule has 2 nitrogen and oxygen atoms in total. The lowest BCUT2D eigenvalue weighted by atomic mass is 10.0. The van der Waals surface area contributed by atoms with Gasteiger partial charge >= 0.3 is 5.97 Å². The van der Waals surface area contributed by atoms with Gasteiger partial charge in [-0.05, 0) is 31.6 Å². The van der Waals surface area contributed by atoms with E-state index in [1.165, 1.54) is 83.5 Å². The van der Waals surface area contributed by atoms with E-state index in [2.05, 4.69) is 27.7 Å². The maximum Gasteiger partial charge on any atom is 0.306 e.